The standard InChI is InChI=1S/C15H17N3O3/c1-3-18-10-9-16-12(13(18)19)17-15(2,14(20)21)11-7-5-4-6-8-11/h4-10H,3H2,1-2H3,(H,16,17)(H,20,21). The third-order valence-corrected chi connectivity index (χ3v) is 3.40. The van der Waals surface area contributed by atoms with Gasteiger partial charge in [0.05, 0.1) is 0 Å². The SMILES string of the molecule is CCn1ccnc(NC(C)(C(=O)O)c2ccccc2)c1=O. The minimum atomic E-state index is -1.43. The predicted molar refractivity (Wildman–Crippen MR) is 79.2 cm³/mol. The highest BCUT2D eigenvalue weighted by Gasteiger charge is 2.36. The Balaban J connectivity index is 2.47. The van der Waals surface area contributed by atoms with Crippen LogP contribution >= 0.6 is 0 Å². The average molecular weight is 287 g/mol. The maximum atomic E-state index is 12.2. The van der Waals surface area contributed by atoms with Gasteiger partial charge in [0.1, 0.15) is 0 Å². The molecule has 2 aromatic rings. The molecule has 110 valence electrons. The van der Waals surface area contributed by atoms with Crippen LogP contribution in [0.15, 0.2) is 47.5 Å². The van der Waals surface area contributed by atoms with Gasteiger partial charge in [-0.05, 0) is 19.4 Å². The van der Waals surface area contributed by atoms with Crippen LogP contribution in [0.1, 0.15) is 19.4 Å². The van der Waals surface area contributed by atoms with E-state index in [1.54, 1.807) is 36.5 Å². The van der Waals surface area contributed by atoms with Gasteiger partial charge in [-0.2, -0.15) is 0 Å². The van der Waals surface area contributed by atoms with Crippen LogP contribution in [0.4, 0.5) is 5.82 Å². The molecule has 0 saturated carbocycles. The number of aryl methyl sites for hydroxylation is 1. The van der Waals surface area contributed by atoms with Crippen molar-refractivity contribution < 1.29 is 9.90 Å². The monoisotopic (exact) mass is 287 g/mol. The second kappa shape index (κ2) is 5.78. The number of benzene rings is 1. The van der Waals surface area contributed by atoms with Gasteiger partial charge < -0.3 is 15.0 Å². The van der Waals surface area contributed by atoms with Crippen LogP contribution in [0.5, 0.6) is 0 Å². The molecule has 0 amide bonds. The van der Waals surface area contributed by atoms with Crippen molar-refractivity contribution in [2.75, 3.05) is 5.32 Å². The fraction of sp³-hybridized carbons (Fsp3) is 0.267. The summed E-state index contributed by atoms with van der Waals surface area (Å²) in [7, 11) is 0. The predicted octanol–water partition coefficient (Wildman–Crippen LogP) is 1.68. The summed E-state index contributed by atoms with van der Waals surface area (Å²) < 4.78 is 1.46. The number of carboxylic acid groups (broad SMARTS) is 1. The summed E-state index contributed by atoms with van der Waals surface area (Å²) in [5, 5.41) is 12.3. The molecule has 6 heteroatoms. The van der Waals surface area contributed by atoms with E-state index in [2.05, 4.69) is 10.3 Å². The smallest absolute Gasteiger partial charge is 0.333 e. The number of carbonyl (C=O) groups is 1. The van der Waals surface area contributed by atoms with E-state index in [0.717, 1.165) is 0 Å². The highest BCUT2D eigenvalue weighted by atomic mass is 16.4. The van der Waals surface area contributed by atoms with E-state index in [1.807, 2.05) is 6.92 Å². The number of aromatic nitrogens is 2. The molecule has 1 unspecified atom stereocenters. The van der Waals surface area contributed by atoms with Crippen LogP contribution in [0.3, 0.4) is 0 Å². The lowest BCUT2D eigenvalue weighted by Crippen LogP contribution is -2.43. The molecule has 2 rings (SSSR count). The van der Waals surface area contributed by atoms with E-state index < -0.39 is 11.5 Å². The van der Waals surface area contributed by atoms with E-state index in [1.165, 1.54) is 17.7 Å². The summed E-state index contributed by atoms with van der Waals surface area (Å²) >= 11 is 0. The molecule has 0 spiro atoms. The Bertz CT molecular complexity index is 697. The normalized spacial score (nSPS) is 13.4. The first-order chi connectivity index (χ1) is 9.99. The molecule has 0 bridgehead atoms. The van der Waals surface area contributed by atoms with Crippen LogP contribution in [-0.4, -0.2) is 20.6 Å². The summed E-state index contributed by atoms with van der Waals surface area (Å²) in [6.07, 6.45) is 3.04. The molecule has 1 heterocycles. The number of hydrogen-bond donors (Lipinski definition) is 2. The van der Waals surface area contributed by atoms with Crippen LogP contribution in [-0.2, 0) is 16.9 Å². The van der Waals surface area contributed by atoms with Gasteiger partial charge in [0.15, 0.2) is 11.4 Å². The van der Waals surface area contributed by atoms with Gasteiger partial charge in [-0.25, -0.2) is 9.78 Å². The Labute approximate surface area is 122 Å². The van der Waals surface area contributed by atoms with Gasteiger partial charge in [-0.1, -0.05) is 30.3 Å². The quantitative estimate of drug-likeness (QED) is 0.874. The first-order valence-corrected chi connectivity index (χ1v) is 6.61. The summed E-state index contributed by atoms with van der Waals surface area (Å²) in [5.74, 6) is -1.06. The lowest BCUT2D eigenvalue weighted by atomic mass is 9.92. The Morgan fingerprint density at radius 2 is 2.05 bits per heavy atom. The van der Waals surface area contributed by atoms with Gasteiger partial charge in [0.25, 0.3) is 5.56 Å². The van der Waals surface area contributed by atoms with E-state index in [4.69, 9.17) is 0 Å². The molecule has 0 aliphatic carbocycles. The molecule has 0 saturated heterocycles. The van der Waals surface area contributed by atoms with Crippen molar-refractivity contribution in [2.45, 2.75) is 25.9 Å². The Hall–Kier alpha value is -2.63. The third-order valence-electron chi connectivity index (χ3n) is 3.40. The number of aliphatic carboxylic acids is 1. The Morgan fingerprint density at radius 1 is 1.38 bits per heavy atom. The van der Waals surface area contributed by atoms with Crippen molar-refractivity contribution in [2.24, 2.45) is 0 Å². The van der Waals surface area contributed by atoms with Crippen molar-refractivity contribution in [1.82, 2.24) is 9.55 Å². The largest absolute Gasteiger partial charge is 0.479 e. The fourth-order valence-electron chi connectivity index (χ4n) is 2.04. The average Bonchev–Trinajstić information content (AvgIpc) is 2.50. The molecule has 1 aromatic heterocycles. The van der Waals surface area contributed by atoms with Gasteiger partial charge in [0.2, 0.25) is 0 Å². The van der Waals surface area contributed by atoms with Gasteiger partial charge >= 0.3 is 5.97 Å². The van der Waals surface area contributed by atoms with Crippen molar-refractivity contribution in [3.63, 3.8) is 0 Å². The lowest BCUT2D eigenvalue weighted by molar-refractivity contribution is -0.142. The number of anilines is 1. The maximum absolute atomic E-state index is 12.2. The minimum absolute atomic E-state index is 0.0214. The van der Waals surface area contributed by atoms with Crippen molar-refractivity contribution in [1.29, 1.82) is 0 Å². The zero-order valence-corrected chi connectivity index (χ0v) is 11.9. The zero-order chi connectivity index (χ0) is 15.5. The van der Waals surface area contributed by atoms with Crippen molar-refractivity contribution in [3.05, 3.63) is 58.6 Å². The molecular formula is C15H17N3O3. The first-order valence-electron chi connectivity index (χ1n) is 6.61. The topological polar surface area (TPSA) is 84.2 Å². The molecule has 0 radical (unpaired) electrons. The second-order valence-electron chi connectivity index (χ2n) is 4.79. The second-order valence-corrected chi connectivity index (χ2v) is 4.79. The molecule has 0 aliphatic rings. The summed E-state index contributed by atoms with van der Waals surface area (Å²) in [6.45, 7) is 3.83. The highest BCUT2D eigenvalue weighted by molar-refractivity contribution is 5.83. The molecule has 1 atom stereocenters. The van der Waals surface area contributed by atoms with Gasteiger partial charge in [0, 0.05) is 18.9 Å². The van der Waals surface area contributed by atoms with Gasteiger partial charge in [-0.3, -0.25) is 4.79 Å². The summed E-state index contributed by atoms with van der Waals surface area (Å²) in [6, 6.07) is 8.70. The number of nitrogens with one attached hydrogen (secondary N) is 1. The lowest BCUT2D eigenvalue weighted by Gasteiger charge is -2.27. The van der Waals surface area contributed by atoms with Crippen LogP contribution in [0.25, 0.3) is 0 Å². The summed E-state index contributed by atoms with van der Waals surface area (Å²) in [4.78, 5) is 27.8. The number of carboxylic acids is 1. The molecule has 1 aromatic carbocycles. The van der Waals surface area contributed by atoms with E-state index in [9.17, 15) is 14.7 Å². The zero-order valence-electron chi connectivity index (χ0n) is 11.9. The maximum Gasteiger partial charge on any atom is 0.333 e. The molecule has 21 heavy (non-hydrogen) atoms. The Kier molecular flexibility index (Phi) is 4.07. The fourth-order valence-corrected chi connectivity index (χ4v) is 2.04. The van der Waals surface area contributed by atoms with Crippen molar-refractivity contribution in [3.8, 4) is 0 Å². The van der Waals surface area contributed by atoms with E-state index >= 15 is 0 Å². The highest BCUT2D eigenvalue weighted by Crippen LogP contribution is 2.24. The Morgan fingerprint density at radius 3 is 2.62 bits per heavy atom. The van der Waals surface area contributed by atoms with E-state index in [0.29, 0.717) is 12.1 Å². The van der Waals surface area contributed by atoms with Crippen molar-refractivity contribution >= 4 is 11.8 Å². The molecule has 0 fully saturated rings. The number of nitrogens with zero attached hydrogens (tertiary/aromatic N) is 2. The van der Waals surface area contributed by atoms with E-state index in [-0.39, 0.29) is 11.4 Å². The first kappa shape index (κ1) is 14.8. The van der Waals surface area contributed by atoms with Gasteiger partial charge in [-0.15, -0.1) is 0 Å². The molecule has 6 nitrogen and oxygen atoms in total. The van der Waals surface area contributed by atoms with Crippen LogP contribution < -0.4 is 10.9 Å². The molecule has 0 aliphatic heterocycles. The van der Waals surface area contributed by atoms with Crippen LogP contribution in [0, 0.1) is 0 Å². The molecule has 2 N–H and O–H groups in total. The summed E-state index contributed by atoms with van der Waals surface area (Å²) in [5.41, 5.74) is -1.23. The number of hydrogen-bond acceptors (Lipinski definition) is 4. The third kappa shape index (κ3) is 2.79. The minimum Gasteiger partial charge on any atom is -0.479 e. The van der Waals surface area contributed by atoms with Crippen LogP contribution in [0.2, 0.25) is 0 Å². The number of rotatable bonds is 5. The molecular weight excluding hydrogens is 270 g/mol.